The number of H-pyrrole nitrogens is 1. The SMILES string of the molecule is O=C1OCc2cc3[nH]c(-c4ccncc4)nc3cc2N1CCO. The van der Waals surface area contributed by atoms with Crippen molar-refractivity contribution in [2.24, 2.45) is 0 Å². The maximum atomic E-state index is 11.9. The molecule has 3 aromatic rings. The quantitative estimate of drug-likeness (QED) is 0.773. The number of fused-ring (bicyclic) bond motifs is 2. The number of aromatic amines is 1. The first-order valence-corrected chi connectivity index (χ1v) is 7.24. The van der Waals surface area contributed by atoms with Crippen LogP contribution >= 0.6 is 0 Å². The van der Waals surface area contributed by atoms with Crippen LogP contribution in [0.25, 0.3) is 22.4 Å². The molecule has 0 aliphatic carbocycles. The molecular weight excluding hydrogens is 296 g/mol. The van der Waals surface area contributed by atoms with E-state index in [-0.39, 0.29) is 19.8 Å². The van der Waals surface area contributed by atoms with Gasteiger partial charge in [0.05, 0.1) is 29.9 Å². The lowest BCUT2D eigenvalue weighted by Gasteiger charge is -2.28. The molecule has 1 aliphatic rings. The van der Waals surface area contributed by atoms with Crippen molar-refractivity contribution in [1.29, 1.82) is 0 Å². The van der Waals surface area contributed by atoms with Gasteiger partial charge in [-0.15, -0.1) is 0 Å². The molecule has 0 spiro atoms. The summed E-state index contributed by atoms with van der Waals surface area (Å²) in [7, 11) is 0. The number of carbonyl (C=O) groups is 1. The van der Waals surface area contributed by atoms with Crippen LogP contribution in [0, 0.1) is 0 Å². The number of carbonyl (C=O) groups excluding carboxylic acids is 1. The van der Waals surface area contributed by atoms with Gasteiger partial charge in [0.25, 0.3) is 0 Å². The van der Waals surface area contributed by atoms with E-state index in [4.69, 9.17) is 9.84 Å². The molecule has 1 amide bonds. The highest BCUT2D eigenvalue weighted by Crippen LogP contribution is 2.31. The number of aromatic nitrogens is 3. The van der Waals surface area contributed by atoms with E-state index in [1.807, 2.05) is 24.3 Å². The minimum absolute atomic E-state index is 0.130. The highest BCUT2D eigenvalue weighted by atomic mass is 16.6. The molecule has 0 saturated carbocycles. The van der Waals surface area contributed by atoms with Crippen molar-refractivity contribution in [3.63, 3.8) is 0 Å². The van der Waals surface area contributed by atoms with E-state index in [0.29, 0.717) is 0 Å². The van der Waals surface area contributed by atoms with Crippen LogP contribution in [0.4, 0.5) is 10.5 Å². The van der Waals surface area contributed by atoms with Crippen molar-refractivity contribution in [2.45, 2.75) is 6.61 Å². The van der Waals surface area contributed by atoms with Gasteiger partial charge in [-0.1, -0.05) is 0 Å². The summed E-state index contributed by atoms with van der Waals surface area (Å²) < 4.78 is 5.14. The third-order valence-corrected chi connectivity index (χ3v) is 3.82. The Labute approximate surface area is 131 Å². The van der Waals surface area contributed by atoms with Gasteiger partial charge >= 0.3 is 6.09 Å². The highest BCUT2D eigenvalue weighted by molar-refractivity contribution is 5.94. The first kappa shape index (κ1) is 13.7. The fourth-order valence-corrected chi connectivity index (χ4v) is 2.73. The van der Waals surface area contributed by atoms with E-state index < -0.39 is 6.09 Å². The van der Waals surface area contributed by atoms with Gasteiger partial charge in [0.1, 0.15) is 12.4 Å². The smallest absolute Gasteiger partial charge is 0.414 e. The maximum Gasteiger partial charge on any atom is 0.414 e. The number of imidazole rings is 1. The summed E-state index contributed by atoms with van der Waals surface area (Å²) in [6.45, 7) is 0.282. The Morgan fingerprint density at radius 3 is 2.91 bits per heavy atom. The zero-order valence-corrected chi connectivity index (χ0v) is 12.2. The topological polar surface area (TPSA) is 91.3 Å². The molecule has 0 unspecified atom stereocenters. The number of β-amino-alcohol motifs (C(OH)–C–C–N with tert-alkyl or cyclic N) is 1. The molecule has 1 aliphatic heterocycles. The summed E-state index contributed by atoms with van der Waals surface area (Å²) >= 11 is 0. The van der Waals surface area contributed by atoms with Crippen LogP contribution in [0.3, 0.4) is 0 Å². The summed E-state index contributed by atoms with van der Waals surface area (Å²) in [4.78, 5) is 25.2. The van der Waals surface area contributed by atoms with E-state index in [0.717, 1.165) is 33.7 Å². The zero-order chi connectivity index (χ0) is 15.8. The second kappa shape index (κ2) is 5.36. The number of amides is 1. The number of ether oxygens (including phenoxy) is 1. The fraction of sp³-hybridized carbons (Fsp3) is 0.188. The van der Waals surface area contributed by atoms with Crippen LogP contribution in [-0.4, -0.2) is 39.3 Å². The molecule has 1 aromatic carbocycles. The van der Waals surface area contributed by atoms with Crippen molar-refractivity contribution >= 4 is 22.8 Å². The lowest BCUT2D eigenvalue weighted by molar-refractivity contribution is 0.140. The molecule has 0 fully saturated rings. The van der Waals surface area contributed by atoms with E-state index in [1.54, 1.807) is 12.4 Å². The number of cyclic esters (lactones) is 1. The standard InChI is InChI=1S/C16H14N4O3/c21-6-5-20-14-8-13-12(7-11(14)9-23-16(20)22)18-15(19-13)10-1-3-17-4-2-10/h1-4,7-8,21H,5-6,9H2,(H,18,19). The van der Waals surface area contributed by atoms with Gasteiger partial charge in [-0.3, -0.25) is 9.88 Å². The summed E-state index contributed by atoms with van der Waals surface area (Å²) in [5.74, 6) is 0.741. The Morgan fingerprint density at radius 2 is 2.13 bits per heavy atom. The molecule has 0 atom stereocenters. The van der Waals surface area contributed by atoms with Crippen LogP contribution in [-0.2, 0) is 11.3 Å². The normalized spacial score (nSPS) is 14.0. The Kier molecular flexibility index (Phi) is 3.20. The average Bonchev–Trinajstić information content (AvgIpc) is 3.00. The van der Waals surface area contributed by atoms with E-state index in [9.17, 15) is 4.79 Å². The summed E-state index contributed by atoms with van der Waals surface area (Å²) in [6, 6.07) is 7.53. The van der Waals surface area contributed by atoms with Crippen molar-refractivity contribution in [3.05, 3.63) is 42.2 Å². The minimum atomic E-state index is -0.448. The molecule has 0 saturated heterocycles. The first-order chi connectivity index (χ1) is 11.3. The second-order valence-corrected chi connectivity index (χ2v) is 5.25. The van der Waals surface area contributed by atoms with Crippen LogP contribution in [0.2, 0.25) is 0 Å². The zero-order valence-electron chi connectivity index (χ0n) is 12.2. The molecular formula is C16H14N4O3. The van der Waals surface area contributed by atoms with Crippen LogP contribution < -0.4 is 4.90 Å². The lowest BCUT2D eigenvalue weighted by Crippen LogP contribution is -2.37. The maximum absolute atomic E-state index is 11.9. The van der Waals surface area contributed by atoms with Crippen molar-refractivity contribution in [2.75, 3.05) is 18.1 Å². The number of aliphatic hydroxyl groups is 1. The van der Waals surface area contributed by atoms with Crippen LogP contribution in [0.1, 0.15) is 5.56 Å². The largest absolute Gasteiger partial charge is 0.444 e. The van der Waals surface area contributed by atoms with Gasteiger partial charge in [-0.05, 0) is 24.3 Å². The highest BCUT2D eigenvalue weighted by Gasteiger charge is 2.26. The molecule has 0 bridgehead atoms. The van der Waals surface area contributed by atoms with Crippen LogP contribution in [0.15, 0.2) is 36.7 Å². The summed E-state index contributed by atoms with van der Waals surface area (Å²) in [6.07, 6.45) is 2.97. The van der Waals surface area contributed by atoms with Crippen molar-refractivity contribution in [1.82, 2.24) is 15.0 Å². The van der Waals surface area contributed by atoms with Crippen LogP contribution in [0.5, 0.6) is 0 Å². The molecule has 3 heterocycles. The molecule has 0 radical (unpaired) electrons. The number of rotatable bonds is 3. The van der Waals surface area contributed by atoms with Gasteiger partial charge in [0, 0.05) is 23.5 Å². The lowest BCUT2D eigenvalue weighted by atomic mass is 10.1. The van der Waals surface area contributed by atoms with E-state index >= 15 is 0 Å². The first-order valence-electron chi connectivity index (χ1n) is 7.24. The number of pyridine rings is 1. The minimum Gasteiger partial charge on any atom is -0.444 e. The van der Waals surface area contributed by atoms with Gasteiger partial charge in [0.2, 0.25) is 0 Å². The molecule has 2 aromatic heterocycles. The number of hydrogen-bond acceptors (Lipinski definition) is 5. The average molecular weight is 310 g/mol. The monoisotopic (exact) mass is 310 g/mol. The summed E-state index contributed by atoms with van der Waals surface area (Å²) in [5, 5.41) is 9.15. The number of hydrogen-bond donors (Lipinski definition) is 2. The predicted molar refractivity (Wildman–Crippen MR) is 83.9 cm³/mol. The van der Waals surface area contributed by atoms with Gasteiger partial charge in [-0.25, -0.2) is 9.78 Å². The van der Waals surface area contributed by atoms with Crippen molar-refractivity contribution < 1.29 is 14.6 Å². The number of aliphatic hydroxyl groups excluding tert-OH is 1. The molecule has 7 heteroatoms. The van der Waals surface area contributed by atoms with Gasteiger partial charge in [-0.2, -0.15) is 0 Å². The van der Waals surface area contributed by atoms with Crippen molar-refractivity contribution in [3.8, 4) is 11.4 Å². The molecule has 2 N–H and O–H groups in total. The summed E-state index contributed by atoms with van der Waals surface area (Å²) in [5.41, 5.74) is 4.19. The predicted octanol–water partition coefficient (Wildman–Crippen LogP) is 2.07. The molecule has 7 nitrogen and oxygen atoms in total. The third kappa shape index (κ3) is 2.31. The Morgan fingerprint density at radius 1 is 1.30 bits per heavy atom. The van der Waals surface area contributed by atoms with E-state index in [2.05, 4.69) is 15.0 Å². The second-order valence-electron chi connectivity index (χ2n) is 5.25. The Bertz CT molecular complexity index is 876. The Hall–Kier alpha value is -2.93. The molecule has 4 rings (SSSR count). The Balaban J connectivity index is 1.83. The molecule has 23 heavy (non-hydrogen) atoms. The third-order valence-electron chi connectivity index (χ3n) is 3.82. The van der Waals surface area contributed by atoms with Gasteiger partial charge < -0.3 is 14.8 Å². The number of anilines is 1. The number of benzene rings is 1. The van der Waals surface area contributed by atoms with Gasteiger partial charge in [0.15, 0.2) is 0 Å². The van der Waals surface area contributed by atoms with E-state index in [1.165, 1.54) is 4.90 Å². The number of nitrogens with one attached hydrogen (secondary N) is 1. The fourth-order valence-electron chi connectivity index (χ4n) is 2.73. The molecule has 116 valence electrons. The number of nitrogens with zero attached hydrogens (tertiary/aromatic N) is 3.